The lowest BCUT2D eigenvalue weighted by Crippen LogP contribution is -2.59. The van der Waals surface area contributed by atoms with Crippen LogP contribution in [-0.2, 0) is 4.74 Å². The van der Waals surface area contributed by atoms with E-state index in [1.54, 1.807) is 11.8 Å². The Labute approximate surface area is 129 Å². The molecule has 1 unspecified atom stereocenters. The van der Waals surface area contributed by atoms with E-state index in [9.17, 15) is 20.4 Å². The van der Waals surface area contributed by atoms with E-state index in [4.69, 9.17) is 4.74 Å². The first-order valence-electron chi connectivity index (χ1n) is 8.00. The van der Waals surface area contributed by atoms with Gasteiger partial charge in [0, 0.05) is 11.5 Å². The van der Waals surface area contributed by atoms with E-state index in [0.29, 0.717) is 12.8 Å². The van der Waals surface area contributed by atoms with Crippen LogP contribution in [0.5, 0.6) is 0 Å². The Bertz CT molecular complexity index is 356. The van der Waals surface area contributed by atoms with Gasteiger partial charge in [-0.05, 0) is 31.6 Å². The van der Waals surface area contributed by atoms with Gasteiger partial charge in [0.25, 0.3) is 0 Å². The molecule has 1 saturated carbocycles. The van der Waals surface area contributed by atoms with E-state index in [2.05, 4.69) is 0 Å². The molecule has 0 bridgehead atoms. The van der Waals surface area contributed by atoms with E-state index in [0.717, 1.165) is 37.2 Å². The maximum atomic E-state index is 10.2. The van der Waals surface area contributed by atoms with Crippen molar-refractivity contribution in [2.24, 2.45) is 5.92 Å². The van der Waals surface area contributed by atoms with Gasteiger partial charge in [0.15, 0.2) is 0 Å². The summed E-state index contributed by atoms with van der Waals surface area (Å²) in [6.45, 7) is 0. The number of ether oxygens (including phenoxy) is 1. The van der Waals surface area contributed by atoms with Gasteiger partial charge in [0.1, 0.15) is 18.3 Å². The molecule has 3 rings (SSSR count). The predicted molar refractivity (Wildman–Crippen MR) is 80.1 cm³/mol. The van der Waals surface area contributed by atoms with Crippen LogP contribution in [0.3, 0.4) is 0 Å². The summed E-state index contributed by atoms with van der Waals surface area (Å²) < 4.78 is 5.95. The van der Waals surface area contributed by atoms with Crippen molar-refractivity contribution in [2.45, 2.75) is 74.6 Å². The zero-order valence-electron chi connectivity index (χ0n) is 12.2. The number of hydrogen-bond acceptors (Lipinski definition) is 6. The van der Waals surface area contributed by atoms with Crippen LogP contribution >= 0.6 is 11.8 Å². The van der Waals surface area contributed by atoms with Crippen LogP contribution in [0.2, 0.25) is 0 Å². The molecule has 0 radical (unpaired) electrons. The Hall–Kier alpha value is 0.150. The average Bonchev–Trinajstić information content (AvgIpc) is 2.96. The molecular weight excluding hydrogens is 292 g/mol. The molecule has 21 heavy (non-hydrogen) atoms. The second kappa shape index (κ2) is 6.34. The van der Waals surface area contributed by atoms with Crippen molar-refractivity contribution < 1.29 is 25.2 Å². The second-order valence-electron chi connectivity index (χ2n) is 6.91. The van der Waals surface area contributed by atoms with E-state index in [1.807, 2.05) is 0 Å². The molecule has 5 nitrogen and oxygen atoms in total. The van der Waals surface area contributed by atoms with Crippen LogP contribution in [-0.4, -0.2) is 68.1 Å². The van der Waals surface area contributed by atoms with Gasteiger partial charge in [-0.1, -0.05) is 12.8 Å². The lowest BCUT2D eigenvalue weighted by atomic mass is 9.85. The van der Waals surface area contributed by atoms with Gasteiger partial charge in [-0.2, -0.15) is 11.8 Å². The number of thioether (sulfide) groups is 1. The van der Waals surface area contributed by atoms with Crippen molar-refractivity contribution in [1.82, 2.24) is 0 Å². The van der Waals surface area contributed by atoms with Gasteiger partial charge in [0.05, 0.1) is 17.8 Å². The number of rotatable bonds is 4. The Kier molecular flexibility index (Phi) is 4.83. The van der Waals surface area contributed by atoms with E-state index < -0.39 is 30.0 Å². The molecule has 122 valence electrons. The van der Waals surface area contributed by atoms with Crippen molar-refractivity contribution in [1.29, 1.82) is 0 Å². The van der Waals surface area contributed by atoms with Gasteiger partial charge >= 0.3 is 0 Å². The molecule has 2 aliphatic heterocycles. The molecule has 0 aromatic heterocycles. The standard InChI is InChI=1S/C15H26O5S/c16-11-10(5-6-15(19)7-21-8-15)20-14(13(18)12(11)17)9-3-1-2-4-9/h9-14,16-19H,1-8H2/t10-,11-,12+,13+,14?/m1/s1. The van der Waals surface area contributed by atoms with Crippen molar-refractivity contribution >= 4 is 11.8 Å². The molecule has 4 N–H and O–H groups in total. The Balaban J connectivity index is 1.61. The first kappa shape index (κ1) is 16.0. The van der Waals surface area contributed by atoms with Crippen LogP contribution < -0.4 is 0 Å². The van der Waals surface area contributed by atoms with E-state index in [-0.39, 0.29) is 12.0 Å². The normalized spacial score (nSPS) is 43.7. The lowest BCUT2D eigenvalue weighted by molar-refractivity contribution is -0.236. The van der Waals surface area contributed by atoms with Crippen molar-refractivity contribution in [3.63, 3.8) is 0 Å². The molecule has 6 heteroatoms. The molecule has 0 aromatic carbocycles. The maximum Gasteiger partial charge on any atom is 0.111 e. The SMILES string of the molecule is O[C@H]1[C@H](O)[C@@H](CCC2(O)CSC2)OC(C2CCCC2)[C@H]1O. The minimum absolute atomic E-state index is 0.270. The highest BCUT2D eigenvalue weighted by Crippen LogP contribution is 2.38. The van der Waals surface area contributed by atoms with Gasteiger partial charge in [-0.3, -0.25) is 0 Å². The topological polar surface area (TPSA) is 90.2 Å². The quantitative estimate of drug-likeness (QED) is 0.595. The lowest BCUT2D eigenvalue weighted by Gasteiger charge is -2.44. The third-order valence-electron chi connectivity index (χ3n) is 5.25. The summed E-state index contributed by atoms with van der Waals surface area (Å²) in [6, 6.07) is 0. The summed E-state index contributed by atoms with van der Waals surface area (Å²) in [5, 5.41) is 40.6. The highest BCUT2D eigenvalue weighted by Gasteiger charge is 2.47. The summed E-state index contributed by atoms with van der Waals surface area (Å²) in [5.74, 6) is 1.73. The summed E-state index contributed by atoms with van der Waals surface area (Å²) in [7, 11) is 0. The summed E-state index contributed by atoms with van der Waals surface area (Å²) in [5.41, 5.74) is -0.641. The average molecular weight is 318 g/mol. The van der Waals surface area contributed by atoms with E-state index in [1.165, 1.54) is 0 Å². The molecular formula is C15H26O5S. The first-order valence-corrected chi connectivity index (χ1v) is 9.15. The minimum Gasteiger partial charge on any atom is -0.388 e. The molecule has 0 spiro atoms. The largest absolute Gasteiger partial charge is 0.388 e. The Morgan fingerprint density at radius 3 is 2.24 bits per heavy atom. The number of hydrogen-bond donors (Lipinski definition) is 4. The summed E-state index contributed by atoms with van der Waals surface area (Å²) in [6.07, 6.45) is 1.26. The van der Waals surface area contributed by atoms with Crippen molar-refractivity contribution in [3.8, 4) is 0 Å². The molecule has 2 heterocycles. The second-order valence-corrected chi connectivity index (χ2v) is 7.90. The van der Waals surface area contributed by atoms with Crippen molar-refractivity contribution in [3.05, 3.63) is 0 Å². The van der Waals surface area contributed by atoms with Crippen molar-refractivity contribution in [2.75, 3.05) is 11.5 Å². The highest BCUT2D eigenvalue weighted by molar-refractivity contribution is 8.00. The smallest absolute Gasteiger partial charge is 0.111 e. The molecule has 5 atom stereocenters. The van der Waals surface area contributed by atoms with Crippen LogP contribution in [0.15, 0.2) is 0 Å². The fourth-order valence-electron chi connectivity index (χ4n) is 3.79. The fourth-order valence-corrected chi connectivity index (χ4v) is 4.75. The molecule has 0 aromatic rings. The van der Waals surface area contributed by atoms with Crippen LogP contribution in [0.4, 0.5) is 0 Å². The van der Waals surface area contributed by atoms with Gasteiger partial charge < -0.3 is 25.2 Å². The van der Waals surface area contributed by atoms with E-state index >= 15 is 0 Å². The monoisotopic (exact) mass is 318 g/mol. The van der Waals surface area contributed by atoms with Gasteiger partial charge in [-0.15, -0.1) is 0 Å². The minimum atomic E-state index is -1.15. The number of aliphatic hydroxyl groups is 4. The molecule has 1 aliphatic carbocycles. The zero-order valence-corrected chi connectivity index (χ0v) is 13.0. The van der Waals surface area contributed by atoms with Gasteiger partial charge in [-0.25, -0.2) is 0 Å². The van der Waals surface area contributed by atoms with Crippen LogP contribution in [0.25, 0.3) is 0 Å². The predicted octanol–water partition coefficient (Wildman–Crippen LogP) is 0.285. The maximum absolute atomic E-state index is 10.2. The van der Waals surface area contributed by atoms with Crippen LogP contribution in [0.1, 0.15) is 38.5 Å². The fraction of sp³-hybridized carbons (Fsp3) is 1.00. The summed E-state index contributed by atoms with van der Waals surface area (Å²) >= 11 is 1.71. The molecule has 3 fully saturated rings. The third-order valence-corrected chi connectivity index (χ3v) is 6.73. The van der Waals surface area contributed by atoms with Crippen LogP contribution in [0, 0.1) is 5.92 Å². The number of aliphatic hydroxyl groups excluding tert-OH is 3. The Morgan fingerprint density at radius 1 is 1.00 bits per heavy atom. The third kappa shape index (κ3) is 3.26. The first-order chi connectivity index (χ1) is 10.0. The molecule has 3 aliphatic rings. The van der Waals surface area contributed by atoms with Gasteiger partial charge in [0.2, 0.25) is 0 Å². The molecule has 0 amide bonds. The Morgan fingerprint density at radius 2 is 1.67 bits per heavy atom. The highest BCUT2D eigenvalue weighted by atomic mass is 32.2. The molecule has 2 saturated heterocycles. The zero-order chi connectivity index (χ0) is 15.0. The summed E-state index contributed by atoms with van der Waals surface area (Å²) in [4.78, 5) is 0.